The van der Waals surface area contributed by atoms with Crippen LogP contribution in [0, 0.1) is 5.82 Å². The molecule has 0 aliphatic carbocycles. The lowest BCUT2D eigenvalue weighted by Crippen LogP contribution is -2.28. The van der Waals surface area contributed by atoms with Gasteiger partial charge < -0.3 is 5.11 Å². The van der Waals surface area contributed by atoms with Gasteiger partial charge in [-0.1, -0.05) is 13.0 Å². The Labute approximate surface area is 101 Å². The number of alkyl halides is 4. The van der Waals surface area contributed by atoms with Crippen molar-refractivity contribution in [3.63, 3.8) is 0 Å². The van der Waals surface area contributed by atoms with Gasteiger partial charge in [-0.3, -0.25) is 0 Å². The topological polar surface area (TPSA) is 20.2 Å². The van der Waals surface area contributed by atoms with Crippen molar-refractivity contribution in [3.05, 3.63) is 35.1 Å². The number of benzene rings is 1. The van der Waals surface area contributed by atoms with Crippen molar-refractivity contribution in [3.8, 4) is 0 Å². The first-order valence-electron chi connectivity index (χ1n) is 5.39. The maximum atomic E-state index is 13.1. The van der Waals surface area contributed by atoms with Gasteiger partial charge in [0, 0.05) is 6.42 Å². The van der Waals surface area contributed by atoms with Crippen LogP contribution in [0.4, 0.5) is 22.0 Å². The minimum absolute atomic E-state index is 0.118. The molecule has 1 aromatic carbocycles. The second-order valence-corrected chi connectivity index (χ2v) is 4.03. The summed E-state index contributed by atoms with van der Waals surface area (Å²) >= 11 is 0. The van der Waals surface area contributed by atoms with E-state index in [0.717, 1.165) is 6.07 Å². The molecule has 18 heavy (non-hydrogen) atoms. The highest BCUT2D eigenvalue weighted by atomic mass is 19.3. The van der Waals surface area contributed by atoms with Crippen LogP contribution in [0.3, 0.4) is 0 Å². The van der Waals surface area contributed by atoms with Gasteiger partial charge in [-0.25, -0.2) is 22.0 Å². The van der Waals surface area contributed by atoms with Crippen molar-refractivity contribution in [2.24, 2.45) is 0 Å². The number of rotatable bonds is 5. The summed E-state index contributed by atoms with van der Waals surface area (Å²) in [6.45, 7) is 1.72. The van der Waals surface area contributed by atoms with Gasteiger partial charge in [-0.15, -0.1) is 0 Å². The Balaban J connectivity index is 2.90. The normalized spacial score (nSPS) is 14.0. The minimum Gasteiger partial charge on any atom is -0.388 e. The Kier molecular flexibility index (Phi) is 4.67. The molecule has 1 rings (SSSR count). The third-order valence-corrected chi connectivity index (χ3v) is 2.56. The molecule has 0 fully saturated rings. The molecule has 0 saturated heterocycles. The molecule has 0 radical (unpaired) electrons. The minimum atomic E-state index is -4.29. The summed E-state index contributed by atoms with van der Waals surface area (Å²) in [6.07, 6.45) is -6.67. The van der Waals surface area contributed by atoms with E-state index in [1.807, 2.05) is 0 Å². The van der Waals surface area contributed by atoms with Gasteiger partial charge in [-0.2, -0.15) is 0 Å². The highest BCUT2D eigenvalue weighted by molar-refractivity contribution is 5.26. The Morgan fingerprint density at radius 1 is 1.22 bits per heavy atom. The van der Waals surface area contributed by atoms with Crippen LogP contribution in [0.2, 0.25) is 0 Å². The average Bonchev–Trinajstić information content (AvgIpc) is 2.27. The van der Waals surface area contributed by atoms with Crippen molar-refractivity contribution in [1.29, 1.82) is 0 Å². The molecule has 0 spiro atoms. The van der Waals surface area contributed by atoms with E-state index in [0.29, 0.717) is 12.0 Å². The molecule has 1 N–H and O–H groups in total. The van der Waals surface area contributed by atoms with Crippen LogP contribution in [0.15, 0.2) is 18.2 Å². The van der Waals surface area contributed by atoms with Gasteiger partial charge in [0.25, 0.3) is 0 Å². The van der Waals surface area contributed by atoms with Crippen LogP contribution < -0.4 is 0 Å². The van der Waals surface area contributed by atoms with Crippen molar-refractivity contribution >= 4 is 0 Å². The Bertz CT molecular complexity index is 405. The largest absolute Gasteiger partial charge is 0.388 e. The summed E-state index contributed by atoms with van der Waals surface area (Å²) < 4.78 is 62.6. The van der Waals surface area contributed by atoms with E-state index in [1.54, 1.807) is 6.92 Å². The van der Waals surface area contributed by atoms with Crippen molar-refractivity contribution < 1.29 is 27.1 Å². The monoisotopic (exact) mass is 268 g/mol. The first-order valence-corrected chi connectivity index (χ1v) is 5.39. The molecule has 102 valence electrons. The van der Waals surface area contributed by atoms with Gasteiger partial charge in [0.05, 0.1) is 6.10 Å². The summed E-state index contributed by atoms with van der Waals surface area (Å²) in [5.74, 6) is -4.98. The summed E-state index contributed by atoms with van der Waals surface area (Å²) in [5.41, 5.74) is 0.386. The predicted octanol–water partition coefficient (Wildman–Crippen LogP) is 3.71. The van der Waals surface area contributed by atoms with Crippen molar-refractivity contribution in [2.75, 3.05) is 0 Å². The maximum Gasteiger partial charge on any atom is 0.310 e. The third-order valence-electron chi connectivity index (χ3n) is 2.56. The fraction of sp³-hybridized carbons (Fsp3) is 0.500. The van der Waals surface area contributed by atoms with E-state index < -0.39 is 30.7 Å². The van der Waals surface area contributed by atoms with Crippen LogP contribution >= 0.6 is 0 Å². The summed E-state index contributed by atoms with van der Waals surface area (Å²) in [5, 5.41) is 9.47. The standard InChI is InChI=1S/C12H13F5O/c1-2-7-3-8(5-9(13)4-7)10(18)6-12(16,17)11(14)15/h3-5,10-11,18H,2,6H2,1H3. The van der Waals surface area contributed by atoms with Crippen LogP contribution in [0.25, 0.3) is 0 Å². The van der Waals surface area contributed by atoms with Crippen LogP contribution in [0.1, 0.15) is 30.6 Å². The van der Waals surface area contributed by atoms with Gasteiger partial charge in [0.15, 0.2) is 0 Å². The summed E-state index contributed by atoms with van der Waals surface area (Å²) in [7, 11) is 0. The van der Waals surface area contributed by atoms with Gasteiger partial charge >= 0.3 is 12.3 Å². The summed E-state index contributed by atoms with van der Waals surface area (Å²) in [6, 6.07) is 3.39. The number of aryl methyl sites for hydroxylation is 1. The molecule has 6 heteroatoms. The average molecular weight is 268 g/mol. The predicted molar refractivity (Wildman–Crippen MR) is 56.3 cm³/mol. The Hall–Kier alpha value is -1.17. The summed E-state index contributed by atoms with van der Waals surface area (Å²) in [4.78, 5) is 0. The molecule has 0 aliphatic heterocycles. The lowest BCUT2D eigenvalue weighted by molar-refractivity contribution is -0.149. The highest BCUT2D eigenvalue weighted by Crippen LogP contribution is 2.33. The molecule has 1 aromatic rings. The maximum absolute atomic E-state index is 13.1. The highest BCUT2D eigenvalue weighted by Gasteiger charge is 2.42. The van der Waals surface area contributed by atoms with Gasteiger partial charge in [0.2, 0.25) is 0 Å². The Morgan fingerprint density at radius 2 is 1.83 bits per heavy atom. The van der Waals surface area contributed by atoms with Crippen LogP contribution in [-0.4, -0.2) is 17.5 Å². The Morgan fingerprint density at radius 3 is 2.33 bits per heavy atom. The molecule has 0 amide bonds. The fourth-order valence-corrected chi connectivity index (χ4v) is 1.54. The van der Waals surface area contributed by atoms with Crippen molar-refractivity contribution in [1.82, 2.24) is 0 Å². The zero-order valence-electron chi connectivity index (χ0n) is 9.64. The molecule has 0 saturated carbocycles. The first kappa shape index (κ1) is 14.9. The molecule has 1 atom stereocenters. The lowest BCUT2D eigenvalue weighted by atomic mass is 10.00. The second-order valence-electron chi connectivity index (χ2n) is 4.03. The van der Waals surface area contributed by atoms with Crippen molar-refractivity contribution in [2.45, 2.75) is 38.2 Å². The smallest absolute Gasteiger partial charge is 0.310 e. The van der Waals surface area contributed by atoms with E-state index in [-0.39, 0.29) is 5.56 Å². The molecule has 1 nitrogen and oxygen atoms in total. The second kappa shape index (κ2) is 5.65. The number of hydrogen-bond donors (Lipinski definition) is 1. The van der Waals surface area contributed by atoms with E-state index in [9.17, 15) is 27.1 Å². The number of halogens is 5. The molecule has 0 bridgehead atoms. The quantitative estimate of drug-likeness (QED) is 0.807. The van der Waals surface area contributed by atoms with E-state index in [1.165, 1.54) is 12.1 Å². The van der Waals surface area contributed by atoms with E-state index in [4.69, 9.17) is 0 Å². The first-order chi connectivity index (χ1) is 8.26. The lowest BCUT2D eigenvalue weighted by Gasteiger charge is -2.19. The number of aliphatic hydroxyl groups excluding tert-OH is 1. The van der Waals surface area contributed by atoms with E-state index in [2.05, 4.69) is 0 Å². The third kappa shape index (κ3) is 3.66. The van der Waals surface area contributed by atoms with Gasteiger partial charge in [-0.05, 0) is 29.7 Å². The number of hydrogen-bond acceptors (Lipinski definition) is 1. The molecule has 1 unspecified atom stereocenters. The van der Waals surface area contributed by atoms with Gasteiger partial charge in [0.1, 0.15) is 5.82 Å². The van der Waals surface area contributed by atoms with Crippen LogP contribution in [-0.2, 0) is 6.42 Å². The fourth-order valence-electron chi connectivity index (χ4n) is 1.54. The molecule has 0 heterocycles. The molecule has 0 aromatic heterocycles. The zero-order chi connectivity index (χ0) is 13.9. The zero-order valence-corrected chi connectivity index (χ0v) is 9.64. The molecule has 0 aliphatic rings. The SMILES string of the molecule is CCc1cc(F)cc(C(O)CC(F)(F)C(F)F)c1. The molecular weight excluding hydrogens is 255 g/mol. The number of aliphatic hydroxyl groups is 1. The van der Waals surface area contributed by atoms with E-state index >= 15 is 0 Å². The molecular formula is C12H13F5O. The van der Waals surface area contributed by atoms with Crippen LogP contribution in [0.5, 0.6) is 0 Å².